The van der Waals surface area contributed by atoms with E-state index in [1.807, 2.05) is 98.5 Å². The Labute approximate surface area is 215 Å². The normalized spacial score (nSPS) is 15.2. The number of H-pyrrole nitrogens is 1. The van der Waals surface area contributed by atoms with Crippen LogP contribution in [0.2, 0.25) is 5.02 Å². The molecule has 1 amide bonds. The Kier molecular flexibility index (Phi) is 6.22. The summed E-state index contributed by atoms with van der Waals surface area (Å²) in [4.78, 5) is 15.5. The summed E-state index contributed by atoms with van der Waals surface area (Å²) in [6.07, 6.45) is 0. The van der Waals surface area contributed by atoms with Crippen LogP contribution in [0.15, 0.2) is 72.8 Å². The van der Waals surface area contributed by atoms with Gasteiger partial charge in [-0.2, -0.15) is 5.10 Å². The van der Waals surface area contributed by atoms with Gasteiger partial charge in [0.2, 0.25) is 0 Å². The number of hydrogen-bond donors (Lipinski definition) is 1. The quantitative estimate of drug-likeness (QED) is 0.320. The minimum atomic E-state index is -0.436. The number of nitrogens with one attached hydrogen (secondary N) is 1. The highest BCUT2D eigenvalue weighted by atomic mass is 35.5. The molecule has 1 aliphatic heterocycles. The van der Waals surface area contributed by atoms with E-state index in [4.69, 9.17) is 21.1 Å². The molecule has 36 heavy (non-hydrogen) atoms. The van der Waals surface area contributed by atoms with E-state index in [0.29, 0.717) is 28.8 Å². The number of aromatic amines is 1. The lowest BCUT2D eigenvalue weighted by Gasteiger charge is -2.38. The molecule has 0 bridgehead atoms. The van der Waals surface area contributed by atoms with Crippen molar-refractivity contribution in [2.45, 2.75) is 39.0 Å². The zero-order valence-corrected chi connectivity index (χ0v) is 21.5. The number of amides is 1. The number of rotatable bonds is 6. The maximum Gasteiger partial charge on any atom is 0.273 e. The predicted molar refractivity (Wildman–Crippen MR) is 141 cm³/mol. The molecule has 0 fully saturated rings. The summed E-state index contributed by atoms with van der Waals surface area (Å²) < 4.78 is 11.8. The number of ether oxygens (including phenoxy) is 2. The number of hydrogen-bond acceptors (Lipinski definition) is 4. The van der Waals surface area contributed by atoms with Crippen LogP contribution in [0.1, 0.15) is 54.0 Å². The van der Waals surface area contributed by atoms with Crippen molar-refractivity contribution in [3.8, 4) is 22.8 Å². The van der Waals surface area contributed by atoms with Gasteiger partial charge >= 0.3 is 0 Å². The number of nitrogens with zero attached hydrogens (tertiary/aromatic N) is 2. The van der Waals surface area contributed by atoms with Gasteiger partial charge in [0.1, 0.15) is 12.3 Å². The van der Waals surface area contributed by atoms with Gasteiger partial charge in [-0.25, -0.2) is 0 Å². The van der Waals surface area contributed by atoms with E-state index >= 15 is 0 Å². The van der Waals surface area contributed by atoms with Crippen LogP contribution in [-0.2, 0) is 6.61 Å². The zero-order chi connectivity index (χ0) is 25.4. The lowest BCUT2D eigenvalue weighted by atomic mass is 9.93. The monoisotopic (exact) mass is 501 g/mol. The van der Waals surface area contributed by atoms with Crippen LogP contribution in [0.5, 0.6) is 11.5 Å². The standard InChI is InChI=1S/C29H28ClN3O3/c1-29(2,3)33-27(24-25(31-32-26(24)28(33)34)19-10-13-21(30)14-11-19)20-12-15-22(23(16-20)35-4)36-17-18-8-6-5-7-9-18/h5-16,27H,17H2,1-4H3,(H,31,32). The number of fused-ring (bicyclic) bond motifs is 1. The zero-order valence-electron chi connectivity index (χ0n) is 20.7. The average Bonchev–Trinajstić information content (AvgIpc) is 3.42. The summed E-state index contributed by atoms with van der Waals surface area (Å²) in [6.45, 7) is 6.54. The summed E-state index contributed by atoms with van der Waals surface area (Å²) in [7, 11) is 1.62. The SMILES string of the molecule is COc1cc(C2c3c(-c4ccc(Cl)cc4)n[nH]c3C(=O)N2C(C)(C)C)ccc1OCc1ccccc1. The van der Waals surface area contributed by atoms with Gasteiger partial charge in [0, 0.05) is 21.7 Å². The molecule has 0 aliphatic carbocycles. The van der Waals surface area contributed by atoms with Gasteiger partial charge in [-0.05, 0) is 56.2 Å². The molecular formula is C29H28ClN3O3. The van der Waals surface area contributed by atoms with E-state index < -0.39 is 5.54 Å². The highest BCUT2D eigenvalue weighted by Gasteiger charge is 2.46. The Morgan fingerprint density at radius 2 is 1.72 bits per heavy atom. The molecule has 184 valence electrons. The van der Waals surface area contributed by atoms with Crippen molar-refractivity contribution in [3.63, 3.8) is 0 Å². The van der Waals surface area contributed by atoms with Crippen LogP contribution in [0.25, 0.3) is 11.3 Å². The maximum absolute atomic E-state index is 13.6. The fourth-order valence-electron chi connectivity index (χ4n) is 4.69. The Hall–Kier alpha value is -3.77. The first kappa shape index (κ1) is 23.9. The van der Waals surface area contributed by atoms with Crippen molar-refractivity contribution < 1.29 is 14.3 Å². The molecule has 2 heterocycles. The van der Waals surface area contributed by atoms with E-state index in [-0.39, 0.29) is 11.9 Å². The Balaban J connectivity index is 1.57. The first-order chi connectivity index (χ1) is 17.3. The van der Waals surface area contributed by atoms with Crippen molar-refractivity contribution in [1.82, 2.24) is 15.1 Å². The molecule has 0 saturated heterocycles. The van der Waals surface area contributed by atoms with Gasteiger partial charge in [-0.15, -0.1) is 0 Å². The van der Waals surface area contributed by atoms with Crippen LogP contribution in [0, 0.1) is 0 Å². The lowest BCUT2D eigenvalue weighted by molar-refractivity contribution is 0.0545. The first-order valence-corrected chi connectivity index (χ1v) is 12.2. The second-order valence-corrected chi connectivity index (χ2v) is 10.2. The molecule has 1 atom stereocenters. The van der Waals surface area contributed by atoms with Gasteiger partial charge in [0.15, 0.2) is 11.5 Å². The summed E-state index contributed by atoms with van der Waals surface area (Å²) in [5.74, 6) is 1.16. The number of methoxy groups -OCH3 is 1. The highest BCUT2D eigenvalue weighted by Crippen LogP contribution is 2.47. The van der Waals surface area contributed by atoms with Crippen LogP contribution < -0.4 is 9.47 Å². The topological polar surface area (TPSA) is 67.5 Å². The third-order valence-corrected chi connectivity index (χ3v) is 6.60. The Morgan fingerprint density at radius 3 is 2.39 bits per heavy atom. The lowest BCUT2D eigenvalue weighted by Crippen LogP contribution is -2.44. The molecule has 0 radical (unpaired) electrons. The number of halogens is 1. The van der Waals surface area contributed by atoms with E-state index in [1.165, 1.54) is 0 Å². The minimum Gasteiger partial charge on any atom is -0.493 e. The van der Waals surface area contributed by atoms with Gasteiger partial charge < -0.3 is 14.4 Å². The fourth-order valence-corrected chi connectivity index (χ4v) is 4.82. The summed E-state index contributed by atoms with van der Waals surface area (Å²) in [5.41, 5.74) is 4.52. The van der Waals surface area contributed by atoms with Crippen molar-refractivity contribution in [2.24, 2.45) is 0 Å². The number of carbonyl (C=O) groups is 1. The van der Waals surface area contributed by atoms with Gasteiger partial charge in [0.25, 0.3) is 5.91 Å². The number of benzene rings is 3. The predicted octanol–water partition coefficient (Wildman–Crippen LogP) is 6.66. The van der Waals surface area contributed by atoms with Crippen LogP contribution >= 0.6 is 11.6 Å². The average molecular weight is 502 g/mol. The third-order valence-electron chi connectivity index (χ3n) is 6.35. The molecule has 1 N–H and O–H groups in total. The molecule has 1 unspecified atom stereocenters. The second kappa shape index (κ2) is 9.36. The second-order valence-electron chi connectivity index (χ2n) is 9.80. The minimum absolute atomic E-state index is 0.0846. The molecular weight excluding hydrogens is 474 g/mol. The summed E-state index contributed by atoms with van der Waals surface area (Å²) >= 11 is 6.12. The summed E-state index contributed by atoms with van der Waals surface area (Å²) in [5, 5.41) is 8.18. The van der Waals surface area contributed by atoms with Crippen LogP contribution in [0.3, 0.4) is 0 Å². The molecule has 0 saturated carbocycles. The molecule has 6 nitrogen and oxygen atoms in total. The van der Waals surface area contributed by atoms with E-state index in [2.05, 4.69) is 10.2 Å². The van der Waals surface area contributed by atoms with E-state index in [9.17, 15) is 4.79 Å². The Bertz CT molecular complexity index is 1390. The molecule has 1 aliphatic rings. The number of aromatic nitrogens is 2. The fraction of sp³-hybridized carbons (Fsp3) is 0.241. The molecule has 3 aromatic carbocycles. The van der Waals surface area contributed by atoms with Gasteiger partial charge in [-0.1, -0.05) is 60.1 Å². The molecule has 1 aromatic heterocycles. The van der Waals surface area contributed by atoms with Gasteiger partial charge in [-0.3, -0.25) is 9.89 Å². The first-order valence-electron chi connectivity index (χ1n) is 11.8. The van der Waals surface area contributed by atoms with Crippen molar-refractivity contribution in [1.29, 1.82) is 0 Å². The molecule has 0 spiro atoms. The smallest absolute Gasteiger partial charge is 0.273 e. The molecule has 5 rings (SSSR count). The highest BCUT2D eigenvalue weighted by molar-refractivity contribution is 6.30. The van der Waals surface area contributed by atoms with Crippen molar-refractivity contribution in [2.75, 3.05) is 7.11 Å². The Morgan fingerprint density at radius 1 is 1.00 bits per heavy atom. The van der Waals surface area contributed by atoms with Crippen molar-refractivity contribution >= 4 is 17.5 Å². The number of carbonyl (C=O) groups excluding carboxylic acids is 1. The third kappa shape index (κ3) is 4.33. The van der Waals surface area contributed by atoms with Crippen LogP contribution in [0.4, 0.5) is 0 Å². The largest absolute Gasteiger partial charge is 0.493 e. The van der Waals surface area contributed by atoms with E-state index in [1.54, 1.807) is 7.11 Å². The van der Waals surface area contributed by atoms with Crippen LogP contribution in [-0.4, -0.2) is 33.7 Å². The van der Waals surface area contributed by atoms with E-state index in [0.717, 1.165) is 27.9 Å². The van der Waals surface area contributed by atoms with Crippen molar-refractivity contribution in [3.05, 3.63) is 100 Å². The maximum atomic E-state index is 13.6. The van der Waals surface area contributed by atoms with Gasteiger partial charge in [0.05, 0.1) is 18.8 Å². The summed E-state index contributed by atoms with van der Waals surface area (Å²) in [6, 6.07) is 23.0. The molecule has 4 aromatic rings. The molecule has 7 heteroatoms.